The van der Waals surface area contributed by atoms with Gasteiger partial charge in [-0.15, -0.1) is 10.2 Å². The lowest BCUT2D eigenvalue weighted by Crippen LogP contribution is -2.14. The van der Waals surface area contributed by atoms with Crippen LogP contribution in [0.3, 0.4) is 0 Å². The third-order valence-electron chi connectivity index (χ3n) is 2.85. The fourth-order valence-corrected chi connectivity index (χ4v) is 2.96. The Morgan fingerprint density at radius 1 is 1.35 bits per heavy atom. The van der Waals surface area contributed by atoms with E-state index in [0.717, 1.165) is 17.3 Å². The van der Waals surface area contributed by atoms with Crippen molar-refractivity contribution in [3.8, 4) is 5.75 Å². The minimum absolute atomic E-state index is 0.237. The van der Waals surface area contributed by atoms with Crippen LogP contribution in [0.25, 0.3) is 0 Å². The SMILES string of the molecule is CCSCc1nnc(SCCOc2ccc(C(=O)O)cc2)n1N. The number of nitrogen functional groups attached to an aromatic ring is 1. The number of aromatic carboxylic acids is 1. The number of hydrogen-bond acceptors (Lipinski definition) is 7. The van der Waals surface area contributed by atoms with Crippen LogP contribution in [0.5, 0.6) is 5.75 Å². The van der Waals surface area contributed by atoms with Gasteiger partial charge in [-0.1, -0.05) is 18.7 Å². The van der Waals surface area contributed by atoms with Crippen molar-refractivity contribution in [3.05, 3.63) is 35.7 Å². The molecule has 0 spiro atoms. The molecule has 0 unspecified atom stereocenters. The van der Waals surface area contributed by atoms with Crippen LogP contribution >= 0.6 is 23.5 Å². The van der Waals surface area contributed by atoms with E-state index in [1.165, 1.54) is 28.6 Å². The van der Waals surface area contributed by atoms with E-state index in [2.05, 4.69) is 17.1 Å². The van der Waals surface area contributed by atoms with E-state index in [9.17, 15) is 4.79 Å². The Bertz CT molecular complexity index is 646. The number of nitrogens with zero attached hydrogens (tertiary/aromatic N) is 3. The number of benzene rings is 1. The Labute approximate surface area is 142 Å². The van der Waals surface area contributed by atoms with Crippen molar-refractivity contribution in [1.29, 1.82) is 0 Å². The Morgan fingerprint density at radius 2 is 2.09 bits per heavy atom. The monoisotopic (exact) mass is 354 g/mol. The molecule has 2 aromatic rings. The minimum Gasteiger partial charge on any atom is -0.493 e. The second-order valence-corrected chi connectivity index (χ2v) is 6.77. The number of ether oxygens (including phenoxy) is 1. The predicted molar refractivity (Wildman–Crippen MR) is 91.6 cm³/mol. The fourth-order valence-electron chi connectivity index (χ4n) is 1.68. The quantitative estimate of drug-likeness (QED) is 0.401. The van der Waals surface area contributed by atoms with E-state index in [0.29, 0.717) is 23.3 Å². The lowest BCUT2D eigenvalue weighted by atomic mass is 10.2. The largest absolute Gasteiger partial charge is 0.493 e. The van der Waals surface area contributed by atoms with Gasteiger partial charge in [0.2, 0.25) is 5.16 Å². The summed E-state index contributed by atoms with van der Waals surface area (Å²) in [6, 6.07) is 6.30. The van der Waals surface area contributed by atoms with Gasteiger partial charge in [-0.05, 0) is 30.0 Å². The first-order chi connectivity index (χ1) is 11.1. The molecule has 2 rings (SSSR count). The summed E-state index contributed by atoms with van der Waals surface area (Å²) in [5.41, 5.74) is 0.237. The average Bonchev–Trinajstić information content (AvgIpc) is 2.90. The summed E-state index contributed by atoms with van der Waals surface area (Å²) in [4.78, 5) is 10.8. The number of nitrogens with two attached hydrogens (primary N) is 1. The van der Waals surface area contributed by atoms with Crippen LogP contribution in [-0.4, -0.2) is 44.1 Å². The highest BCUT2D eigenvalue weighted by molar-refractivity contribution is 7.99. The van der Waals surface area contributed by atoms with E-state index in [1.807, 2.05) is 0 Å². The minimum atomic E-state index is -0.952. The number of carboxylic acid groups (broad SMARTS) is 1. The first kappa shape index (κ1) is 17.5. The lowest BCUT2D eigenvalue weighted by molar-refractivity contribution is 0.0697. The molecule has 0 saturated heterocycles. The lowest BCUT2D eigenvalue weighted by Gasteiger charge is -2.06. The first-order valence-corrected chi connectivity index (χ1v) is 9.12. The maximum absolute atomic E-state index is 10.8. The van der Waals surface area contributed by atoms with Crippen LogP contribution in [0.4, 0.5) is 0 Å². The molecule has 1 aromatic carbocycles. The number of hydrogen-bond donors (Lipinski definition) is 2. The van der Waals surface area contributed by atoms with Crippen LogP contribution in [0.1, 0.15) is 23.1 Å². The van der Waals surface area contributed by atoms with E-state index in [1.54, 1.807) is 23.9 Å². The van der Waals surface area contributed by atoms with E-state index >= 15 is 0 Å². The molecule has 0 radical (unpaired) electrons. The molecule has 0 bridgehead atoms. The summed E-state index contributed by atoms with van der Waals surface area (Å²) in [6.45, 7) is 2.54. The van der Waals surface area contributed by atoms with E-state index < -0.39 is 5.97 Å². The molecule has 0 saturated carbocycles. The molecule has 1 aromatic heterocycles. The molecule has 1 heterocycles. The number of carboxylic acids is 1. The molecule has 0 atom stereocenters. The Hall–Kier alpha value is -1.87. The van der Waals surface area contributed by atoms with Crippen molar-refractivity contribution >= 4 is 29.5 Å². The molecule has 124 valence electrons. The summed E-state index contributed by atoms with van der Waals surface area (Å²) >= 11 is 3.20. The summed E-state index contributed by atoms with van der Waals surface area (Å²) in [7, 11) is 0. The molecule has 9 heteroatoms. The zero-order chi connectivity index (χ0) is 16.7. The summed E-state index contributed by atoms with van der Waals surface area (Å²) < 4.78 is 7.07. The van der Waals surface area contributed by atoms with Crippen LogP contribution in [0.2, 0.25) is 0 Å². The van der Waals surface area contributed by atoms with Gasteiger partial charge in [-0.3, -0.25) is 0 Å². The first-order valence-electron chi connectivity index (χ1n) is 6.98. The van der Waals surface area contributed by atoms with Gasteiger partial charge >= 0.3 is 5.97 Å². The Kier molecular flexibility index (Phi) is 6.60. The Morgan fingerprint density at radius 3 is 2.74 bits per heavy atom. The van der Waals surface area contributed by atoms with E-state index in [4.69, 9.17) is 15.7 Å². The second-order valence-electron chi connectivity index (χ2n) is 4.43. The number of rotatable bonds is 9. The van der Waals surface area contributed by atoms with Crippen molar-refractivity contribution in [2.45, 2.75) is 17.8 Å². The third-order valence-corrected chi connectivity index (χ3v) is 4.63. The van der Waals surface area contributed by atoms with Gasteiger partial charge in [-0.2, -0.15) is 11.8 Å². The van der Waals surface area contributed by atoms with Crippen molar-refractivity contribution in [2.24, 2.45) is 0 Å². The maximum atomic E-state index is 10.8. The molecule has 0 aliphatic heterocycles. The fraction of sp³-hybridized carbons (Fsp3) is 0.357. The van der Waals surface area contributed by atoms with Gasteiger partial charge in [0, 0.05) is 5.75 Å². The normalized spacial score (nSPS) is 10.7. The molecule has 3 N–H and O–H groups in total. The smallest absolute Gasteiger partial charge is 0.335 e. The highest BCUT2D eigenvalue weighted by Gasteiger charge is 2.09. The van der Waals surface area contributed by atoms with Crippen molar-refractivity contribution in [1.82, 2.24) is 14.9 Å². The molecule has 7 nitrogen and oxygen atoms in total. The molecule has 0 amide bonds. The highest BCUT2D eigenvalue weighted by Crippen LogP contribution is 2.18. The van der Waals surface area contributed by atoms with Crippen molar-refractivity contribution in [2.75, 3.05) is 24.0 Å². The second kappa shape index (κ2) is 8.68. The summed E-state index contributed by atoms with van der Waals surface area (Å²) in [5, 5.41) is 17.6. The number of thioether (sulfide) groups is 2. The van der Waals surface area contributed by atoms with Crippen molar-refractivity contribution < 1.29 is 14.6 Å². The Balaban J connectivity index is 1.77. The molecule has 0 aliphatic carbocycles. The van der Waals surface area contributed by atoms with Crippen LogP contribution in [0.15, 0.2) is 29.4 Å². The van der Waals surface area contributed by atoms with Gasteiger partial charge in [-0.25, -0.2) is 9.47 Å². The molecular formula is C14H18N4O3S2. The van der Waals surface area contributed by atoms with Gasteiger partial charge in [0.05, 0.1) is 17.9 Å². The van der Waals surface area contributed by atoms with Crippen LogP contribution < -0.4 is 10.6 Å². The summed E-state index contributed by atoms with van der Waals surface area (Å²) in [5.74, 6) is 8.79. The third kappa shape index (κ3) is 5.07. The van der Waals surface area contributed by atoms with Crippen molar-refractivity contribution in [3.63, 3.8) is 0 Å². The van der Waals surface area contributed by atoms with E-state index in [-0.39, 0.29) is 5.56 Å². The number of carbonyl (C=O) groups is 1. The van der Waals surface area contributed by atoms with Gasteiger partial charge in [0.25, 0.3) is 0 Å². The van der Waals surface area contributed by atoms with Gasteiger partial charge in [0.1, 0.15) is 5.75 Å². The van der Waals surface area contributed by atoms with Gasteiger partial charge in [0.15, 0.2) is 5.82 Å². The molecular weight excluding hydrogens is 336 g/mol. The molecule has 23 heavy (non-hydrogen) atoms. The van der Waals surface area contributed by atoms with Gasteiger partial charge < -0.3 is 15.7 Å². The zero-order valence-electron chi connectivity index (χ0n) is 12.6. The van der Waals surface area contributed by atoms with Crippen LogP contribution in [-0.2, 0) is 5.75 Å². The van der Waals surface area contributed by atoms with Crippen LogP contribution in [0, 0.1) is 0 Å². The summed E-state index contributed by atoms with van der Waals surface area (Å²) in [6.07, 6.45) is 0. The number of aromatic nitrogens is 3. The predicted octanol–water partition coefficient (Wildman–Crippen LogP) is 2.11. The molecule has 0 fully saturated rings. The zero-order valence-corrected chi connectivity index (χ0v) is 14.3. The standard InChI is InChI=1S/C14H18N4O3S2/c1-2-22-9-12-16-17-14(18(12)15)23-8-7-21-11-5-3-10(4-6-11)13(19)20/h3-6H,2,7-9,15H2,1H3,(H,19,20). The molecule has 0 aliphatic rings. The highest BCUT2D eigenvalue weighted by atomic mass is 32.2. The topological polar surface area (TPSA) is 103 Å². The maximum Gasteiger partial charge on any atom is 0.335 e. The average molecular weight is 354 g/mol.